The molecule has 0 aliphatic carbocycles. The van der Waals surface area contributed by atoms with E-state index in [1.165, 1.54) is 14.0 Å². The molecule has 0 amide bonds. The fourth-order valence-corrected chi connectivity index (χ4v) is 1.36. The SMILES string of the molecule is COC(=O)/C(C(C)=O)=C(/C=C/C=C/N(C)C)N(C)C. The van der Waals surface area contributed by atoms with E-state index in [0.29, 0.717) is 5.70 Å². The monoisotopic (exact) mass is 266 g/mol. The van der Waals surface area contributed by atoms with Crippen molar-refractivity contribution in [2.24, 2.45) is 0 Å². The molecular formula is C14H22N2O3. The lowest BCUT2D eigenvalue weighted by Gasteiger charge is -2.16. The summed E-state index contributed by atoms with van der Waals surface area (Å²) in [6, 6.07) is 0. The Morgan fingerprint density at radius 3 is 2.00 bits per heavy atom. The zero-order chi connectivity index (χ0) is 15.0. The molecule has 0 aromatic carbocycles. The average molecular weight is 266 g/mol. The maximum Gasteiger partial charge on any atom is 0.343 e. The maximum absolute atomic E-state index is 11.7. The van der Waals surface area contributed by atoms with Gasteiger partial charge in [-0.05, 0) is 25.3 Å². The van der Waals surface area contributed by atoms with Crippen molar-refractivity contribution in [3.05, 3.63) is 35.7 Å². The van der Waals surface area contributed by atoms with E-state index in [1.54, 1.807) is 31.1 Å². The highest BCUT2D eigenvalue weighted by molar-refractivity contribution is 6.17. The average Bonchev–Trinajstić information content (AvgIpc) is 2.30. The predicted molar refractivity (Wildman–Crippen MR) is 75.4 cm³/mol. The van der Waals surface area contributed by atoms with Gasteiger partial charge >= 0.3 is 5.97 Å². The number of carbonyl (C=O) groups excluding carboxylic acids is 2. The van der Waals surface area contributed by atoms with E-state index >= 15 is 0 Å². The van der Waals surface area contributed by atoms with E-state index in [2.05, 4.69) is 4.74 Å². The number of rotatable bonds is 6. The van der Waals surface area contributed by atoms with Crippen molar-refractivity contribution in [1.29, 1.82) is 0 Å². The number of ketones is 1. The van der Waals surface area contributed by atoms with Crippen LogP contribution in [0.1, 0.15) is 6.92 Å². The van der Waals surface area contributed by atoms with Gasteiger partial charge < -0.3 is 14.5 Å². The van der Waals surface area contributed by atoms with Gasteiger partial charge in [0.25, 0.3) is 0 Å². The zero-order valence-electron chi connectivity index (χ0n) is 12.4. The van der Waals surface area contributed by atoms with Gasteiger partial charge in [0, 0.05) is 28.2 Å². The Morgan fingerprint density at radius 2 is 1.63 bits per heavy atom. The molecule has 0 saturated carbocycles. The Kier molecular flexibility index (Phi) is 7.26. The number of likely N-dealkylation sites (N-methyl/N-ethyl adjacent to an activating group) is 1. The van der Waals surface area contributed by atoms with Crippen LogP contribution in [0.15, 0.2) is 35.7 Å². The normalized spacial score (nSPS) is 12.5. The number of methoxy groups -OCH3 is 1. The topological polar surface area (TPSA) is 49.9 Å². The lowest BCUT2D eigenvalue weighted by Crippen LogP contribution is -2.21. The molecule has 5 nitrogen and oxygen atoms in total. The molecule has 0 atom stereocenters. The summed E-state index contributed by atoms with van der Waals surface area (Å²) in [7, 11) is 8.60. The van der Waals surface area contributed by atoms with E-state index in [1.807, 2.05) is 31.3 Å². The van der Waals surface area contributed by atoms with Crippen LogP contribution in [0.2, 0.25) is 0 Å². The molecule has 0 heterocycles. The fourth-order valence-electron chi connectivity index (χ4n) is 1.36. The highest BCUT2D eigenvalue weighted by atomic mass is 16.5. The van der Waals surface area contributed by atoms with Crippen LogP contribution in [0, 0.1) is 0 Å². The van der Waals surface area contributed by atoms with Crippen molar-refractivity contribution >= 4 is 11.8 Å². The Morgan fingerprint density at radius 1 is 1.05 bits per heavy atom. The molecule has 0 saturated heterocycles. The summed E-state index contributed by atoms with van der Waals surface area (Å²) in [4.78, 5) is 26.8. The molecule has 0 fully saturated rings. The Hall–Kier alpha value is -2.04. The van der Waals surface area contributed by atoms with Crippen molar-refractivity contribution in [3.8, 4) is 0 Å². The van der Waals surface area contributed by atoms with E-state index in [4.69, 9.17) is 0 Å². The van der Waals surface area contributed by atoms with Gasteiger partial charge in [-0.2, -0.15) is 0 Å². The minimum absolute atomic E-state index is 0.0435. The molecule has 5 heteroatoms. The summed E-state index contributed by atoms with van der Waals surface area (Å²) in [5.74, 6) is -0.950. The van der Waals surface area contributed by atoms with Crippen LogP contribution in [-0.4, -0.2) is 56.9 Å². The lowest BCUT2D eigenvalue weighted by molar-refractivity contribution is -0.137. The van der Waals surface area contributed by atoms with Gasteiger partial charge in [0.2, 0.25) is 0 Å². The van der Waals surface area contributed by atoms with Crippen molar-refractivity contribution in [1.82, 2.24) is 9.80 Å². The summed E-state index contributed by atoms with van der Waals surface area (Å²) < 4.78 is 4.64. The van der Waals surface area contributed by atoms with Crippen LogP contribution >= 0.6 is 0 Å². The first-order chi connectivity index (χ1) is 8.81. The van der Waals surface area contributed by atoms with Crippen LogP contribution in [0.5, 0.6) is 0 Å². The minimum atomic E-state index is -0.627. The second-order valence-electron chi connectivity index (χ2n) is 4.37. The number of hydrogen-bond donors (Lipinski definition) is 0. The maximum atomic E-state index is 11.7. The standard InChI is InChI=1S/C14H22N2O3/c1-11(17)13(14(18)19-6)12(16(4)5)9-7-8-10-15(2)3/h7-10H,1-6H3/b9-7+,10-8+,13-12-. The van der Waals surface area contributed by atoms with Gasteiger partial charge in [0.15, 0.2) is 5.78 Å². The zero-order valence-corrected chi connectivity index (χ0v) is 12.4. The van der Waals surface area contributed by atoms with Gasteiger partial charge in [-0.15, -0.1) is 0 Å². The number of hydrogen-bond acceptors (Lipinski definition) is 5. The van der Waals surface area contributed by atoms with E-state index in [-0.39, 0.29) is 11.4 Å². The minimum Gasteiger partial charge on any atom is -0.465 e. The van der Waals surface area contributed by atoms with Crippen molar-refractivity contribution < 1.29 is 14.3 Å². The molecule has 19 heavy (non-hydrogen) atoms. The predicted octanol–water partition coefficient (Wildman–Crippen LogP) is 1.20. The Labute approximate surface area is 114 Å². The van der Waals surface area contributed by atoms with E-state index in [9.17, 15) is 9.59 Å². The first-order valence-corrected chi connectivity index (χ1v) is 5.83. The van der Waals surface area contributed by atoms with Crippen LogP contribution in [0.3, 0.4) is 0 Å². The summed E-state index contributed by atoms with van der Waals surface area (Å²) >= 11 is 0. The summed E-state index contributed by atoms with van der Waals surface area (Å²) in [6.07, 6.45) is 7.14. The molecule has 0 aliphatic rings. The molecule has 0 spiro atoms. The lowest BCUT2D eigenvalue weighted by atomic mass is 10.1. The van der Waals surface area contributed by atoms with Crippen LogP contribution in [-0.2, 0) is 14.3 Å². The first kappa shape index (κ1) is 17.0. The Bertz CT molecular complexity index is 418. The molecule has 0 radical (unpaired) electrons. The highest BCUT2D eigenvalue weighted by Gasteiger charge is 2.20. The molecule has 0 aliphatic heterocycles. The number of ether oxygens (including phenoxy) is 1. The summed E-state index contributed by atoms with van der Waals surface area (Å²) in [6.45, 7) is 1.35. The number of Topliss-reactive ketones (excluding diaryl/α,β-unsaturated/α-hetero) is 1. The second-order valence-corrected chi connectivity index (χ2v) is 4.37. The molecule has 0 bridgehead atoms. The van der Waals surface area contributed by atoms with Gasteiger partial charge in [-0.3, -0.25) is 4.79 Å². The Balaban J connectivity index is 5.47. The third-order valence-electron chi connectivity index (χ3n) is 2.23. The third kappa shape index (κ3) is 5.90. The van der Waals surface area contributed by atoms with Crippen molar-refractivity contribution in [2.75, 3.05) is 35.3 Å². The van der Waals surface area contributed by atoms with Gasteiger partial charge in [0.05, 0.1) is 12.8 Å². The van der Waals surface area contributed by atoms with Crippen LogP contribution in [0.25, 0.3) is 0 Å². The van der Waals surface area contributed by atoms with Crippen LogP contribution in [0.4, 0.5) is 0 Å². The molecule has 0 N–H and O–H groups in total. The van der Waals surface area contributed by atoms with Gasteiger partial charge in [-0.25, -0.2) is 4.79 Å². The number of nitrogens with zero attached hydrogens (tertiary/aromatic N) is 2. The van der Waals surface area contributed by atoms with E-state index < -0.39 is 5.97 Å². The first-order valence-electron chi connectivity index (χ1n) is 5.83. The molecule has 0 unspecified atom stereocenters. The quantitative estimate of drug-likeness (QED) is 0.238. The number of allylic oxidation sites excluding steroid dienone is 3. The molecule has 0 aromatic rings. The number of esters is 1. The molecule has 106 valence electrons. The van der Waals surface area contributed by atoms with Gasteiger partial charge in [-0.1, -0.05) is 6.08 Å². The fraction of sp³-hybridized carbons (Fsp3) is 0.429. The molecular weight excluding hydrogens is 244 g/mol. The summed E-state index contributed by atoms with van der Waals surface area (Å²) in [5.41, 5.74) is 0.560. The van der Waals surface area contributed by atoms with Gasteiger partial charge in [0.1, 0.15) is 5.57 Å². The van der Waals surface area contributed by atoms with Crippen LogP contribution < -0.4 is 0 Å². The van der Waals surface area contributed by atoms with E-state index in [0.717, 1.165) is 0 Å². The van der Waals surface area contributed by atoms with Crippen molar-refractivity contribution in [3.63, 3.8) is 0 Å². The molecule has 0 aromatic heterocycles. The second kappa shape index (κ2) is 8.13. The highest BCUT2D eigenvalue weighted by Crippen LogP contribution is 2.12. The number of carbonyl (C=O) groups is 2. The van der Waals surface area contributed by atoms with Crippen molar-refractivity contribution in [2.45, 2.75) is 6.92 Å². The molecule has 0 rings (SSSR count). The smallest absolute Gasteiger partial charge is 0.343 e. The summed E-state index contributed by atoms with van der Waals surface area (Å²) in [5, 5.41) is 0. The third-order valence-corrected chi connectivity index (χ3v) is 2.23. The largest absolute Gasteiger partial charge is 0.465 e.